The van der Waals surface area contributed by atoms with Gasteiger partial charge in [-0.25, -0.2) is 9.59 Å². The quantitative estimate of drug-likeness (QED) is 0.0578. The highest BCUT2D eigenvalue weighted by molar-refractivity contribution is 7.41. The maximum absolute atomic E-state index is 13.5. The first-order valence-electron chi connectivity index (χ1n) is 24.0. The van der Waals surface area contributed by atoms with Gasteiger partial charge in [0.25, 0.3) is 19.4 Å². The van der Waals surface area contributed by atoms with E-state index in [1.807, 2.05) is 73.8 Å². The maximum atomic E-state index is 13.5. The van der Waals surface area contributed by atoms with Gasteiger partial charge in [-0.05, 0) is 60.0 Å². The molecule has 8 atom stereocenters. The minimum atomic E-state index is -3.10. The third-order valence-electron chi connectivity index (χ3n) is 13.7. The van der Waals surface area contributed by atoms with Crippen LogP contribution in [-0.2, 0) is 31.9 Å². The zero-order chi connectivity index (χ0) is 50.6. The monoisotopic (exact) mass is 1020 g/mol. The first kappa shape index (κ1) is 53.4. The van der Waals surface area contributed by atoms with E-state index in [9.17, 15) is 19.2 Å². The molecule has 3 N–H and O–H groups in total. The summed E-state index contributed by atoms with van der Waals surface area (Å²) in [4.78, 5) is 56.5. The second-order valence-electron chi connectivity index (χ2n) is 20.8. The molecule has 378 valence electrons. The molecule has 19 heteroatoms. The number of H-pyrrole nitrogens is 2. The van der Waals surface area contributed by atoms with Crippen molar-refractivity contribution in [3.8, 4) is 0 Å². The average Bonchev–Trinajstić information content (AvgIpc) is 3.90. The van der Waals surface area contributed by atoms with Crippen molar-refractivity contribution in [3.63, 3.8) is 0 Å². The van der Waals surface area contributed by atoms with Crippen LogP contribution in [0.2, 0.25) is 23.2 Å². The second-order valence-corrected chi connectivity index (χ2v) is 31.0. The number of hydrogen-bond donors (Lipinski definition) is 3. The lowest BCUT2D eigenvalue weighted by Gasteiger charge is -2.43. The first-order valence-corrected chi connectivity index (χ1v) is 29.9. The molecule has 2 aliphatic heterocycles. The Morgan fingerprint density at radius 3 is 1.64 bits per heavy atom. The maximum Gasteiger partial charge on any atom is 0.333 e. The van der Waals surface area contributed by atoms with Crippen molar-refractivity contribution in [2.45, 2.75) is 134 Å². The normalized spacial score (nSPS) is 22.0. The van der Waals surface area contributed by atoms with Crippen LogP contribution in [-0.4, -0.2) is 87.0 Å². The van der Waals surface area contributed by atoms with E-state index in [4.69, 9.17) is 31.9 Å². The summed E-state index contributed by atoms with van der Waals surface area (Å²) in [6.07, 6.45) is -1.27. The van der Waals surface area contributed by atoms with Crippen molar-refractivity contribution in [2.75, 3.05) is 26.8 Å². The first-order chi connectivity index (χ1) is 33.1. The van der Waals surface area contributed by atoms with Crippen molar-refractivity contribution >= 4 is 35.6 Å². The molecule has 2 saturated heterocycles. The van der Waals surface area contributed by atoms with Crippen molar-refractivity contribution < 1.29 is 31.9 Å². The number of ether oxygens (including phenoxy) is 2. The van der Waals surface area contributed by atoms with Gasteiger partial charge in [-0.3, -0.25) is 28.7 Å². The summed E-state index contributed by atoms with van der Waals surface area (Å²) in [6, 6.07) is 30.4. The predicted molar refractivity (Wildman–Crippen MR) is 277 cm³/mol. The molecule has 0 spiro atoms. The zero-order valence-electron chi connectivity index (χ0n) is 42.2. The SMILES string of the molecule is CNC[C@H](O[P@](OC[C@H]1O[C@@H](n2cc(C)c(=O)[nH]c2=O)C[C@@H]1O[Si](C)(C)C(C)(C)C)O[C@H]1C[C@H](n2cc(C)c(=O)[nH]c2=O)O[C@@H]1CO[Si](c1ccccc1)(c1ccccc1)C(C)(C)C)c1ccccc1. The molecule has 70 heavy (non-hydrogen) atoms. The molecule has 2 aliphatic rings. The largest absolute Gasteiger partial charge is 0.411 e. The number of nitrogens with zero attached hydrogens (tertiary/aromatic N) is 2. The Morgan fingerprint density at radius 2 is 1.17 bits per heavy atom. The minimum Gasteiger partial charge on any atom is -0.411 e. The summed E-state index contributed by atoms with van der Waals surface area (Å²) in [5.74, 6) is 0. The van der Waals surface area contributed by atoms with Gasteiger partial charge in [-0.1, -0.05) is 133 Å². The summed E-state index contributed by atoms with van der Waals surface area (Å²) < 4.78 is 51.5. The van der Waals surface area contributed by atoms with E-state index in [2.05, 4.69) is 94.2 Å². The van der Waals surface area contributed by atoms with E-state index in [0.29, 0.717) is 24.1 Å². The smallest absolute Gasteiger partial charge is 0.333 e. The van der Waals surface area contributed by atoms with Crippen LogP contribution in [0, 0.1) is 13.8 Å². The summed E-state index contributed by atoms with van der Waals surface area (Å²) >= 11 is 0. The molecular formula is C51H70N5O11PSi2. The van der Waals surface area contributed by atoms with E-state index in [1.54, 1.807) is 13.8 Å². The topological polar surface area (TPSA) is 186 Å². The molecular weight excluding hydrogens is 946 g/mol. The Morgan fingerprint density at radius 1 is 0.700 bits per heavy atom. The molecule has 0 radical (unpaired) electrons. The highest BCUT2D eigenvalue weighted by Gasteiger charge is 2.52. The Bertz CT molecular complexity index is 2720. The van der Waals surface area contributed by atoms with Gasteiger partial charge in [0, 0.05) is 42.9 Å². The third-order valence-corrected chi connectivity index (χ3v) is 24.5. The number of benzene rings is 3. The molecule has 7 rings (SSSR count). The van der Waals surface area contributed by atoms with Crippen molar-refractivity contribution in [1.82, 2.24) is 24.4 Å². The summed E-state index contributed by atoms with van der Waals surface area (Å²) in [5, 5.41) is 4.93. The Balaban J connectivity index is 1.26. The summed E-state index contributed by atoms with van der Waals surface area (Å²) in [7, 11) is -5.93. The zero-order valence-corrected chi connectivity index (χ0v) is 45.1. The van der Waals surface area contributed by atoms with Gasteiger partial charge in [0.1, 0.15) is 30.8 Å². The van der Waals surface area contributed by atoms with Crippen LogP contribution >= 0.6 is 8.60 Å². The number of nitrogens with one attached hydrogen (secondary N) is 3. The van der Waals surface area contributed by atoms with E-state index in [-0.39, 0.29) is 29.7 Å². The minimum absolute atomic E-state index is 0.0432. The van der Waals surface area contributed by atoms with Crippen LogP contribution in [0.3, 0.4) is 0 Å². The number of aromatic amines is 2. The standard InChI is InChI=1S/C51H70N5O11PSi2/c1-34-30-55(48(59)53-46(34)57)44-27-39(43(64-44)33-62-70(51(6,7)8,37-23-17-13-18-24-37)38-25-19-14-20-26-38)65-68(66-41(29-52-9)36-21-15-12-16-22-36)61-32-42-40(67-69(10,11)50(3,4)5)28-45(63-42)56-31-35(2)47(58)54-49(56)60/h12-26,30-31,39-45,52H,27-29,32-33H2,1-11H3,(H,53,57,59)(H,54,58,60)/t39-,40-,41-,42+,43+,44+,45+,68+/m0/s1. The lowest BCUT2D eigenvalue weighted by atomic mass is 10.1. The fourth-order valence-electron chi connectivity index (χ4n) is 8.90. The molecule has 2 fully saturated rings. The Kier molecular flexibility index (Phi) is 16.9. The van der Waals surface area contributed by atoms with Gasteiger partial charge in [0.15, 0.2) is 8.32 Å². The van der Waals surface area contributed by atoms with Gasteiger partial charge in [0.05, 0.1) is 25.4 Å². The summed E-state index contributed by atoms with van der Waals surface area (Å²) in [5.41, 5.74) is -0.524. The number of rotatable bonds is 19. The highest BCUT2D eigenvalue weighted by atomic mass is 31.2. The molecule has 3 aromatic carbocycles. The Hall–Kier alpha value is -4.44. The lowest BCUT2D eigenvalue weighted by Crippen LogP contribution is -2.67. The van der Waals surface area contributed by atoms with Crippen LogP contribution in [0.25, 0.3) is 0 Å². The molecule has 0 unspecified atom stereocenters. The predicted octanol–water partition coefficient (Wildman–Crippen LogP) is 6.85. The van der Waals surface area contributed by atoms with E-state index >= 15 is 0 Å². The molecule has 16 nitrogen and oxygen atoms in total. The van der Waals surface area contributed by atoms with Crippen LogP contribution in [0.1, 0.15) is 89.6 Å². The van der Waals surface area contributed by atoms with E-state index in [1.165, 1.54) is 21.5 Å². The molecule has 0 aliphatic carbocycles. The van der Waals surface area contributed by atoms with Gasteiger partial charge in [-0.15, -0.1) is 0 Å². The van der Waals surface area contributed by atoms with E-state index in [0.717, 1.165) is 15.9 Å². The Labute approximate surface area is 413 Å². The van der Waals surface area contributed by atoms with Crippen LogP contribution < -0.4 is 38.2 Å². The number of hydrogen-bond acceptors (Lipinski definition) is 12. The molecule has 2 aromatic heterocycles. The summed E-state index contributed by atoms with van der Waals surface area (Å²) in [6.45, 7) is 21.1. The number of likely N-dealkylation sites (N-methyl/N-ethyl adjacent to an activating group) is 1. The van der Waals surface area contributed by atoms with Gasteiger partial charge in [-0.2, -0.15) is 0 Å². The van der Waals surface area contributed by atoms with Crippen molar-refractivity contribution in [1.29, 1.82) is 0 Å². The van der Waals surface area contributed by atoms with Crippen LogP contribution in [0.5, 0.6) is 0 Å². The van der Waals surface area contributed by atoms with Crippen LogP contribution in [0.4, 0.5) is 0 Å². The number of aromatic nitrogens is 4. The fourth-order valence-corrected chi connectivity index (χ4v) is 16.1. The van der Waals surface area contributed by atoms with E-state index < -0.39 is 90.7 Å². The average molecular weight is 1020 g/mol. The molecule has 0 amide bonds. The van der Waals surface area contributed by atoms with Crippen LogP contribution in [0.15, 0.2) is 123 Å². The van der Waals surface area contributed by atoms with Gasteiger partial charge >= 0.3 is 20.0 Å². The number of aryl methyl sites for hydroxylation is 2. The van der Waals surface area contributed by atoms with Crippen molar-refractivity contribution in [3.05, 3.63) is 162 Å². The molecule has 4 heterocycles. The lowest BCUT2D eigenvalue weighted by molar-refractivity contribution is -0.0537. The molecule has 0 bridgehead atoms. The fraction of sp³-hybridized carbons (Fsp3) is 0.490. The second kappa shape index (κ2) is 22.1. The van der Waals surface area contributed by atoms with Gasteiger partial charge in [0.2, 0.25) is 0 Å². The highest BCUT2D eigenvalue weighted by Crippen LogP contribution is 2.50. The molecule has 5 aromatic rings. The molecule has 0 saturated carbocycles. The van der Waals surface area contributed by atoms with Crippen molar-refractivity contribution in [2.24, 2.45) is 0 Å². The van der Waals surface area contributed by atoms with Gasteiger partial charge < -0.3 is 37.2 Å². The third kappa shape index (κ3) is 11.9.